The normalized spacial score (nSPS) is 18.7. The van der Waals surface area contributed by atoms with Crippen LogP contribution in [0.3, 0.4) is 0 Å². The molecule has 4 nitrogen and oxygen atoms in total. The molecule has 1 aromatic heterocycles. The molecule has 0 aliphatic heterocycles. The van der Waals surface area contributed by atoms with E-state index in [0.29, 0.717) is 17.6 Å². The van der Waals surface area contributed by atoms with Crippen molar-refractivity contribution >= 4 is 5.95 Å². The maximum Gasteiger partial charge on any atom is 0.224 e. The quantitative estimate of drug-likeness (QED) is 0.807. The Labute approximate surface area is 101 Å². The number of hydrogen-bond donors (Lipinski definition) is 1. The van der Waals surface area contributed by atoms with E-state index in [2.05, 4.69) is 27.4 Å². The molecule has 4 heteroatoms. The zero-order chi connectivity index (χ0) is 12.1. The topological polar surface area (TPSA) is 61.6 Å². The highest BCUT2D eigenvalue weighted by atomic mass is 15.1. The predicted octanol–water partition coefficient (Wildman–Crippen LogP) is 2.42. The summed E-state index contributed by atoms with van der Waals surface area (Å²) >= 11 is 0. The summed E-state index contributed by atoms with van der Waals surface area (Å²) in [6, 6.07) is 3.73. The Morgan fingerprint density at radius 1 is 1.47 bits per heavy atom. The van der Waals surface area contributed by atoms with Crippen molar-refractivity contribution in [3.63, 3.8) is 0 Å². The molecule has 1 aliphatic carbocycles. The van der Waals surface area contributed by atoms with Gasteiger partial charge in [-0.2, -0.15) is 5.26 Å². The predicted molar refractivity (Wildman–Crippen MR) is 66.5 cm³/mol. The van der Waals surface area contributed by atoms with Crippen molar-refractivity contribution in [2.75, 3.05) is 11.9 Å². The van der Waals surface area contributed by atoms with E-state index in [-0.39, 0.29) is 0 Å². The Balaban J connectivity index is 1.96. The van der Waals surface area contributed by atoms with Crippen LogP contribution in [0.5, 0.6) is 0 Å². The standard InChI is InChI=1S/C13H16N4/c1-10-7-12(8-14)17-13(16-10)15-9-11-5-3-2-4-6-11/h2-3,7,11H,4-6,9H2,1H3,(H,15,16,17). The summed E-state index contributed by atoms with van der Waals surface area (Å²) < 4.78 is 0. The van der Waals surface area contributed by atoms with E-state index in [1.807, 2.05) is 13.0 Å². The Morgan fingerprint density at radius 3 is 3.06 bits per heavy atom. The van der Waals surface area contributed by atoms with Crippen LogP contribution in [0.4, 0.5) is 5.95 Å². The first-order valence-electron chi connectivity index (χ1n) is 5.92. The van der Waals surface area contributed by atoms with E-state index < -0.39 is 0 Å². The molecule has 1 aliphatic rings. The molecule has 1 atom stereocenters. The lowest BCUT2D eigenvalue weighted by atomic mass is 9.94. The number of nitrogens with zero attached hydrogens (tertiary/aromatic N) is 3. The molecule has 1 heterocycles. The van der Waals surface area contributed by atoms with Gasteiger partial charge in [-0.15, -0.1) is 0 Å². The van der Waals surface area contributed by atoms with Crippen molar-refractivity contribution in [2.24, 2.45) is 5.92 Å². The second-order valence-electron chi connectivity index (χ2n) is 4.36. The maximum absolute atomic E-state index is 8.83. The van der Waals surface area contributed by atoms with Crippen LogP contribution in [0, 0.1) is 24.2 Å². The van der Waals surface area contributed by atoms with Gasteiger partial charge in [0.15, 0.2) is 0 Å². The van der Waals surface area contributed by atoms with Gasteiger partial charge >= 0.3 is 0 Å². The molecule has 0 radical (unpaired) electrons. The second kappa shape index (κ2) is 5.44. The van der Waals surface area contributed by atoms with E-state index in [9.17, 15) is 0 Å². The van der Waals surface area contributed by atoms with Gasteiger partial charge in [0.05, 0.1) is 0 Å². The molecule has 0 spiro atoms. The lowest BCUT2D eigenvalue weighted by Crippen LogP contribution is -2.17. The number of rotatable bonds is 3. The molecule has 0 saturated heterocycles. The lowest BCUT2D eigenvalue weighted by Gasteiger charge is -2.18. The van der Waals surface area contributed by atoms with Crippen molar-refractivity contribution in [2.45, 2.75) is 26.2 Å². The van der Waals surface area contributed by atoms with Crippen molar-refractivity contribution in [1.82, 2.24) is 9.97 Å². The zero-order valence-corrected chi connectivity index (χ0v) is 9.98. The van der Waals surface area contributed by atoms with Gasteiger partial charge in [0.2, 0.25) is 5.95 Å². The minimum atomic E-state index is 0.420. The number of allylic oxidation sites excluding steroid dienone is 2. The molecule has 0 saturated carbocycles. The summed E-state index contributed by atoms with van der Waals surface area (Å²) in [5.41, 5.74) is 1.24. The Hall–Kier alpha value is -1.89. The fourth-order valence-corrected chi connectivity index (χ4v) is 1.98. The van der Waals surface area contributed by atoms with Gasteiger partial charge in [0.1, 0.15) is 11.8 Å². The third kappa shape index (κ3) is 3.28. The first-order chi connectivity index (χ1) is 8.28. The summed E-state index contributed by atoms with van der Waals surface area (Å²) in [5, 5.41) is 12.0. The first kappa shape index (κ1) is 11.6. The van der Waals surface area contributed by atoms with Crippen LogP contribution >= 0.6 is 0 Å². The Kier molecular flexibility index (Phi) is 3.71. The van der Waals surface area contributed by atoms with E-state index in [1.54, 1.807) is 6.07 Å². The molecule has 0 amide bonds. The summed E-state index contributed by atoms with van der Waals surface area (Å²) in [6.45, 7) is 2.75. The van der Waals surface area contributed by atoms with Crippen molar-refractivity contribution in [1.29, 1.82) is 5.26 Å². The van der Waals surface area contributed by atoms with E-state index in [4.69, 9.17) is 5.26 Å². The average Bonchev–Trinajstić information content (AvgIpc) is 2.37. The smallest absolute Gasteiger partial charge is 0.224 e. The van der Waals surface area contributed by atoms with Crippen LogP contribution in [-0.2, 0) is 0 Å². The number of nitriles is 1. The van der Waals surface area contributed by atoms with Crippen LogP contribution in [-0.4, -0.2) is 16.5 Å². The second-order valence-corrected chi connectivity index (χ2v) is 4.36. The third-order valence-electron chi connectivity index (χ3n) is 2.90. The van der Waals surface area contributed by atoms with Crippen LogP contribution in [0.25, 0.3) is 0 Å². The lowest BCUT2D eigenvalue weighted by molar-refractivity contribution is 0.503. The van der Waals surface area contributed by atoms with Crippen LogP contribution in [0.15, 0.2) is 18.2 Å². The number of aryl methyl sites for hydroxylation is 1. The van der Waals surface area contributed by atoms with Gasteiger partial charge in [0, 0.05) is 12.2 Å². The molecule has 1 aromatic rings. The molecule has 0 bridgehead atoms. The SMILES string of the molecule is Cc1cc(C#N)nc(NCC2CC=CCC2)n1. The molecular weight excluding hydrogens is 212 g/mol. The number of aromatic nitrogens is 2. The molecule has 88 valence electrons. The number of nitrogens with one attached hydrogen (secondary N) is 1. The molecule has 2 rings (SSSR count). The zero-order valence-electron chi connectivity index (χ0n) is 9.98. The molecule has 1 unspecified atom stereocenters. The summed E-state index contributed by atoms with van der Waals surface area (Å²) in [4.78, 5) is 8.41. The van der Waals surface area contributed by atoms with Crippen molar-refractivity contribution in [3.05, 3.63) is 29.6 Å². The minimum Gasteiger partial charge on any atom is -0.354 e. The largest absolute Gasteiger partial charge is 0.354 e. The van der Waals surface area contributed by atoms with E-state index in [1.165, 1.54) is 6.42 Å². The monoisotopic (exact) mass is 228 g/mol. The molecule has 0 fully saturated rings. The molecule has 0 aromatic carbocycles. The Bertz CT molecular complexity index is 459. The van der Waals surface area contributed by atoms with Gasteiger partial charge in [-0.3, -0.25) is 0 Å². The molecule has 1 N–H and O–H groups in total. The Morgan fingerprint density at radius 2 is 2.35 bits per heavy atom. The number of hydrogen-bond acceptors (Lipinski definition) is 4. The van der Waals surface area contributed by atoms with Crippen LogP contribution < -0.4 is 5.32 Å². The minimum absolute atomic E-state index is 0.420. The van der Waals surface area contributed by atoms with Gasteiger partial charge in [-0.05, 0) is 38.2 Å². The average molecular weight is 228 g/mol. The van der Waals surface area contributed by atoms with Gasteiger partial charge in [-0.25, -0.2) is 9.97 Å². The first-order valence-corrected chi connectivity index (χ1v) is 5.92. The maximum atomic E-state index is 8.83. The van der Waals surface area contributed by atoms with Gasteiger partial charge < -0.3 is 5.32 Å². The highest BCUT2D eigenvalue weighted by Gasteiger charge is 2.10. The van der Waals surface area contributed by atoms with E-state index in [0.717, 1.165) is 25.1 Å². The van der Waals surface area contributed by atoms with Gasteiger partial charge in [0.25, 0.3) is 0 Å². The fraction of sp³-hybridized carbons (Fsp3) is 0.462. The van der Waals surface area contributed by atoms with Crippen LogP contribution in [0.2, 0.25) is 0 Å². The number of anilines is 1. The van der Waals surface area contributed by atoms with Crippen molar-refractivity contribution < 1.29 is 0 Å². The molecular formula is C13H16N4. The molecule has 17 heavy (non-hydrogen) atoms. The summed E-state index contributed by atoms with van der Waals surface area (Å²) in [6.07, 6.45) is 7.94. The highest BCUT2D eigenvalue weighted by Crippen LogP contribution is 2.18. The van der Waals surface area contributed by atoms with Gasteiger partial charge in [-0.1, -0.05) is 12.2 Å². The third-order valence-corrected chi connectivity index (χ3v) is 2.90. The summed E-state index contributed by atoms with van der Waals surface area (Å²) in [5.74, 6) is 1.21. The van der Waals surface area contributed by atoms with Crippen LogP contribution in [0.1, 0.15) is 30.7 Å². The van der Waals surface area contributed by atoms with E-state index >= 15 is 0 Å². The van der Waals surface area contributed by atoms with Crippen molar-refractivity contribution in [3.8, 4) is 6.07 Å². The highest BCUT2D eigenvalue weighted by molar-refractivity contribution is 5.33. The fourth-order valence-electron chi connectivity index (χ4n) is 1.98. The summed E-state index contributed by atoms with van der Waals surface area (Å²) in [7, 11) is 0.